The van der Waals surface area contributed by atoms with Crippen LogP contribution in [-0.2, 0) is 22.9 Å². The van der Waals surface area contributed by atoms with E-state index in [2.05, 4.69) is 9.97 Å². The van der Waals surface area contributed by atoms with Gasteiger partial charge in [-0.05, 0) is 29.8 Å². The van der Waals surface area contributed by atoms with Crippen LogP contribution in [-0.4, -0.2) is 46.8 Å². The Bertz CT molecular complexity index is 1780. The molecule has 0 bridgehead atoms. The van der Waals surface area contributed by atoms with E-state index in [0.29, 0.717) is 10.6 Å². The zero-order chi connectivity index (χ0) is 27.1. The number of H-pyrrole nitrogens is 2. The van der Waals surface area contributed by atoms with Crippen molar-refractivity contribution >= 4 is 38.4 Å². The summed E-state index contributed by atoms with van der Waals surface area (Å²) in [5.41, 5.74) is -1.34. The maximum absolute atomic E-state index is 14.1. The molecule has 2 aromatic heterocycles. The molecule has 0 saturated heterocycles. The van der Waals surface area contributed by atoms with Gasteiger partial charge in [0.25, 0.3) is 11.5 Å². The van der Waals surface area contributed by atoms with Gasteiger partial charge in [0.05, 0.1) is 15.9 Å². The lowest BCUT2D eigenvalue weighted by Gasteiger charge is -2.14. The lowest BCUT2D eigenvalue weighted by atomic mass is 10.0. The number of aliphatic hydroxyl groups is 1. The number of hydrogen-bond acceptors (Lipinski definition) is 7. The molecule has 0 radical (unpaired) electrons. The molecule has 0 saturated carbocycles. The number of nitrogens with one attached hydrogen (secondary N) is 2. The molecule has 194 valence electrons. The molecular formula is C23H18ClF2N3O7S. The molecule has 0 atom stereocenters. The highest BCUT2D eigenvalue weighted by Gasteiger charge is 2.22. The van der Waals surface area contributed by atoms with Crippen LogP contribution in [0.2, 0.25) is 5.02 Å². The number of benzene rings is 2. The summed E-state index contributed by atoms with van der Waals surface area (Å²) in [6.07, 6.45) is 2.07. The van der Waals surface area contributed by atoms with E-state index in [0.717, 1.165) is 12.3 Å². The highest BCUT2D eigenvalue weighted by molar-refractivity contribution is 7.91. The third kappa shape index (κ3) is 5.19. The Kier molecular flexibility index (Phi) is 7.04. The number of aromatic amines is 2. The van der Waals surface area contributed by atoms with Crippen molar-refractivity contribution in [3.63, 3.8) is 0 Å². The molecule has 0 aliphatic heterocycles. The van der Waals surface area contributed by atoms with Gasteiger partial charge in [-0.25, -0.2) is 26.6 Å². The predicted molar refractivity (Wildman–Crippen MR) is 129 cm³/mol. The van der Waals surface area contributed by atoms with Crippen molar-refractivity contribution in [1.82, 2.24) is 14.5 Å². The number of aromatic nitrogens is 3. The van der Waals surface area contributed by atoms with E-state index in [1.54, 1.807) is 0 Å². The number of carbonyl (C=O) groups excluding carboxylic acids is 1. The van der Waals surface area contributed by atoms with Crippen LogP contribution in [0.3, 0.4) is 0 Å². The molecular weight excluding hydrogens is 536 g/mol. The lowest BCUT2D eigenvalue weighted by molar-refractivity contribution is 0.0820. The number of halogens is 3. The second kappa shape index (κ2) is 9.92. The molecule has 10 nitrogen and oxygen atoms in total. The highest BCUT2D eigenvalue weighted by Crippen LogP contribution is 2.30. The van der Waals surface area contributed by atoms with Crippen molar-refractivity contribution in [3.8, 4) is 5.75 Å². The molecule has 0 unspecified atom stereocenters. The zero-order valence-corrected chi connectivity index (χ0v) is 20.5. The molecule has 37 heavy (non-hydrogen) atoms. The fraction of sp³-hybridized carbons (Fsp3) is 0.174. The Balaban J connectivity index is 1.82. The second-order valence-electron chi connectivity index (χ2n) is 8.06. The first-order valence-corrected chi connectivity index (χ1v) is 12.8. The maximum Gasteiger partial charge on any atom is 0.333 e. The monoisotopic (exact) mass is 553 g/mol. The Morgan fingerprint density at radius 2 is 1.89 bits per heavy atom. The second-order valence-corrected chi connectivity index (χ2v) is 10.4. The van der Waals surface area contributed by atoms with Crippen molar-refractivity contribution in [2.45, 2.75) is 17.9 Å². The van der Waals surface area contributed by atoms with Crippen molar-refractivity contribution in [2.24, 2.45) is 0 Å². The average Bonchev–Trinajstić information content (AvgIpc) is 3.16. The first-order valence-electron chi connectivity index (χ1n) is 10.5. The first-order chi connectivity index (χ1) is 17.4. The van der Waals surface area contributed by atoms with Gasteiger partial charge in [0, 0.05) is 36.1 Å². The van der Waals surface area contributed by atoms with Crippen LogP contribution in [0.4, 0.5) is 8.78 Å². The van der Waals surface area contributed by atoms with Gasteiger partial charge >= 0.3 is 5.69 Å². The minimum absolute atomic E-state index is 0.0108. The molecule has 4 rings (SSSR count). The Labute approximate surface area is 212 Å². The minimum Gasteiger partial charge on any atom is -0.487 e. The molecule has 2 aromatic carbocycles. The minimum atomic E-state index is -3.90. The van der Waals surface area contributed by atoms with Crippen LogP contribution in [0, 0.1) is 11.6 Å². The molecule has 0 aliphatic carbocycles. The maximum atomic E-state index is 14.1. The van der Waals surface area contributed by atoms with E-state index in [1.165, 1.54) is 24.4 Å². The molecule has 0 spiro atoms. The molecule has 0 amide bonds. The summed E-state index contributed by atoms with van der Waals surface area (Å²) >= 11 is 6.14. The number of pyridine rings is 1. The van der Waals surface area contributed by atoms with E-state index >= 15 is 0 Å². The predicted octanol–water partition coefficient (Wildman–Crippen LogP) is 2.16. The summed E-state index contributed by atoms with van der Waals surface area (Å²) in [4.78, 5) is 41.1. The van der Waals surface area contributed by atoms with Crippen molar-refractivity contribution in [3.05, 3.63) is 90.7 Å². The summed E-state index contributed by atoms with van der Waals surface area (Å²) in [5, 5.41) is 8.89. The van der Waals surface area contributed by atoms with Gasteiger partial charge in [0.1, 0.15) is 35.6 Å². The van der Waals surface area contributed by atoms with Gasteiger partial charge in [-0.1, -0.05) is 11.6 Å². The summed E-state index contributed by atoms with van der Waals surface area (Å²) in [6, 6.07) is 5.50. The van der Waals surface area contributed by atoms with E-state index < -0.39 is 51.8 Å². The number of imidazole rings is 1. The molecule has 14 heteroatoms. The van der Waals surface area contributed by atoms with Gasteiger partial charge in [0.2, 0.25) is 0 Å². The van der Waals surface area contributed by atoms with Gasteiger partial charge < -0.3 is 19.8 Å². The number of rotatable bonds is 7. The van der Waals surface area contributed by atoms with Crippen molar-refractivity contribution in [1.29, 1.82) is 0 Å². The Hall–Kier alpha value is -3.81. The van der Waals surface area contributed by atoms with E-state index in [9.17, 15) is 36.7 Å². The smallest absolute Gasteiger partial charge is 0.333 e. The quantitative estimate of drug-likeness (QED) is 0.317. The normalized spacial score (nSPS) is 11.7. The number of carbonyl (C=O) groups is 1. The number of aliphatic hydroxyl groups excluding tert-OH is 1. The topological polar surface area (TPSA) is 151 Å². The van der Waals surface area contributed by atoms with Crippen molar-refractivity contribution < 1.29 is 31.8 Å². The molecule has 4 aromatic rings. The molecule has 2 heterocycles. The number of sulfone groups is 1. The van der Waals surface area contributed by atoms with E-state index in [1.807, 2.05) is 0 Å². The van der Waals surface area contributed by atoms with E-state index in [-0.39, 0.29) is 49.8 Å². The number of fused-ring (bicyclic) bond motifs is 1. The summed E-state index contributed by atoms with van der Waals surface area (Å²) in [6.45, 7) is -1.41. The first kappa shape index (κ1) is 26.3. The van der Waals surface area contributed by atoms with Gasteiger partial charge in [0.15, 0.2) is 9.84 Å². The Morgan fingerprint density at radius 1 is 1.16 bits per heavy atom. The third-order valence-electron chi connectivity index (χ3n) is 5.45. The molecule has 0 aliphatic rings. The lowest BCUT2D eigenvalue weighted by Crippen LogP contribution is -2.26. The number of ether oxygens (including phenoxy) is 1. The standard InChI is InChI=1S/C23H18ClF2N3O7S/c1-37(34,35)17-6-11(5-16-20(17)28-23(33)29(16)18(31)9-30)4-13-8-27-22(32)19(24)21(13)36-10-12-2-3-14(25)7-15(12)26/h2-3,5-8,30H,4,9-10H2,1H3,(H,27,32)(H,28,33). The Morgan fingerprint density at radius 3 is 2.54 bits per heavy atom. The third-order valence-corrected chi connectivity index (χ3v) is 6.91. The van der Waals surface area contributed by atoms with Crippen LogP contribution in [0.1, 0.15) is 21.5 Å². The zero-order valence-electron chi connectivity index (χ0n) is 19.0. The number of nitrogens with zero attached hydrogens (tertiary/aromatic N) is 1. The molecule has 3 N–H and O–H groups in total. The van der Waals surface area contributed by atoms with Crippen LogP contribution in [0.15, 0.2) is 51.0 Å². The fourth-order valence-corrected chi connectivity index (χ4v) is 4.89. The molecule has 0 fully saturated rings. The fourth-order valence-electron chi connectivity index (χ4n) is 3.76. The average molecular weight is 554 g/mol. The van der Waals surface area contributed by atoms with E-state index in [4.69, 9.17) is 16.3 Å². The van der Waals surface area contributed by atoms with Gasteiger partial charge in [-0.3, -0.25) is 9.59 Å². The summed E-state index contributed by atoms with van der Waals surface area (Å²) < 4.78 is 58.5. The van der Waals surface area contributed by atoms with Crippen LogP contribution >= 0.6 is 11.6 Å². The SMILES string of the molecule is CS(=O)(=O)c1cc(Cc2c[nH]c(=O)c(Cl)c2OCc2ccc(F)cc2F)cc2c1[nH]c(=O)n2C(=O)CO. The van der Waals surface area contributed by atoms with Crippen LogP contribution < -0.4 is 16.0 Å². The largest absolute Gasteiger partial charge is 0.487 e. The highest BCUT2D eigenvalue weighted by atomic mass is 35.5. The van der Waals surface area contributed by atoms with Crippen LogP contribution in [0.25, 0.3) is 11.0 Å². The van der Waals surface area contributed by atoms with Crippen LogP contribution in [0.5, 0.6) is 5.75 Å². The van der Waals surface area contributed by atoms with Gasteiger partial charge in [-0.2, -0.15) is 0 Å². The van der Waals surface area contributed by atoms with Gasteiger partial charge in [-0.15, -0.1) is 0 Å². The summed E-state index contributed by atoms with van der Waals surface area (Å²) in [5.74, 6) is -2.76. The summed E-state index contributed by atoms with van der Waals surface area (Å²) in [7, 11) is -3.90. The van der Waals surface area contributed by atoms with Crippen molar-refractivity contribution in [2.75, 3.05) is 12.9 Å². The number of hydrogen-bond donors (Lipinski definition) is 3.